The Hall–Kier alpha value is -0.500. The summed E-state index contributed by atoms with van der Waals surface area (Å²) in [5.74, 6) is 0. The van der Waals surface area contributed by atoms with Gasteiger partial charge in [0.05, 0.1) is 6.61 Å². The highest BCUT2D eigenvalue weighted by atomic mass is 16.3. The third-order valence-electron chi connectivity index (χ3n) is 0.203. The van der Waals surface area contributed by atoms with Crippen molar-refractivity contribution in [2.75, 3.05) is 6.61 Å². The molecule has 0 aromatic carbocycles. The number of nitrogens with two attached hydrogens (primary N) is 1. The van der Waals surface area contributed by atoms with Crippen LogP contribution in [-0.2, 0) is 0 Å². The van der Waals surface area contributed by atoms with Gasteiger partial charge in [0.15, 0.2) is 0 Å². The summed E-state index contributed by atoms with van der Waals surface area (Å²) in [5.41, 5.74) is 5.16. The highest BCUT2D eigenvalue weighted by Crippen LogP contribution is 1.63. The zero-order chi connectivity index (χ0) is 4.28. The molecule has 0 rings (SSSR count). The smallest absolute Gasteiger partial charge is 0.0819 e. The van der Waals surface area contributed by atoms with Crippen molar-refractivity contribution in [2.45, 2.75) is 0 Å². The SMILES string of the molecule is C=C(N)CO. The molecule has 0 bridgehead atoms. The van der Waals surface area contributed by atoms with E-state index in [4.69, 9.17) is 10.8 Å². The summed E-state index contributed by atoms with van der Waals surface area (Å²) in [6, 6.07) is 0. The van der Waals surface area contributed by atoms with E-state index in [9.17, 15) is 0 Å². The molecule has 0 heterocycles. The molecule has 0 spiro atoms. The molecular formula is C3H7NO. The highest BCUT2D eigenvalue weighted by Gasteiger charge is 1.69. The third kappa shape index (κ3) is 3.50. The number of hydrogen-bond donors (Lipinski definition) is 2. The molecule has 0 aliphatic rings. The van der Waals surface area contributed by atoms with Crippen molar-refractivity contribution >= 4 is 0 Å². The van der Waals surface area contributed by atoms with Gasteiger partial charge in [0.25, 0.3) is 0 Å². The molecule has 0 atom stereocenters. The fourth-order valence-electron chi connectivity index (χ4n) is 0. The van der Waals surface area contributed by atoms with Gasteiger partial charge in [-0.25, -0.2) is 0 Å². The Morgan fingerprint density at radius 3 is 2.20 bits per heavy atom. The van der Waals surface area contributed by atoms with Crippen LogP contribution in [0.2, 0.25) is 0 Å². The Labute approximate surface area is 30.9 Å². The lowest BCUT2D eigenvalue weighted by Crippen LogP contribution is -1.97. The number of hydrogen-bond acceptors (Lipinski definition) is 2. The number of aliphatic hydroxyl groups is 1. The second kappa shape index (κ2) is 1.79. The van der Waals surface area contributed by atoms with E-state index in [1.165, 1.54) is 0 Å². The first-order valence-electron chi connectivity index (χ1n) is 1.31. The normalized spacial score (nSPS) is 7.40. The van der Waals surface area contributed by atoms with Gasteiger partial charge in [0, 0.05) is 5.70 Å². The maximum atomic E-state index is 7.92. The predicted molar refractivity (Wildman–Crippen MR) is 20.4 cm³/mol. The lowest BCUT2D eigenvalue weighted by molar-refractivity contribution is 0.330. The van der Waals surface area contributed by atoms with Gasteiger partial charge in [0.1, 0.15) is 0 Å². The van der Waals surface area contributed by atoms with Crippen molar-refractivity contribution < 1.29 is 5.11 Å². The largest absolute Gasteiger partial charge is 0.401 e. The zero-order valence-electron chi connectivity index (χ0n) is 2.94. The van der Waals surface area contributed by atoms with Crippen molar-refractivity contribution in [3.05, 3.63) is 12.3 Å². The van der Waals surface area contributed by atoms with E-state index < -0.39 is 0 Å². The molecule has 0 amide bonds. The lowest BCUT2D eigenvalue weighted by atomic mass is 10.6. The Morgan fingerprint density at radius 2 is 2.20 bits per heavy atom. The molecule has 0 saturated heterocycles. The first-order valence-corrected chi connectivity index (χ1v) is 1.31. The first-order chi connectivity index (χ1) is 2.27. The maximum absolute atomic E-state index is 7.92. The van der Waals surface area contributed by atoms with Crippen LogP contribution in [0, 0.1) is 0 Å². The van der Waals surface area contributed by atoms with Crippen molar-refractivity contribution in [1.82, 2.24) is 0 Å². The fourth-order valence-corrected chi connectivity index (χ4v) is 0. The van der Waals surface area contributed by atoms with Crippen LogP contribution in [0.4, 0.5) is 0 Å². The molecule has 0 fully saturated rings. The maximum Gasteiger partial charge on any atom is 0.0819 e. The monoisotopic (exact) mass is 73.1 g/mol. The van der Waals surface area contributed by atoms with Crippen LogP contribution in [0.15, 0.2) is 12.3 Å². The van der Waals surface area contributed by atoms with Crippen LogP contribution in [0.25, 0.3) is 0 Å². The summed E-state index contributed by atoms with van der Waals surface area (Å²) in [4.78, 5) is 0. The average Bonchev–Trinajstić information content (AvgIpc) is 1.38. The van der Waals surface area contributed by atoms with Crippen molar-refractivity contribution in [3.8, 4) is 0 Å². The molecule has 0 aromatic heterocycles. The van der Waals surface area contributed by atoms with E-state index in [0.717, 1.165) is 0 Å². The van der Waals surface area contributed by atoms with Crippen LogP contribution in [0.5, 0.6) is 0 Å². The van der Waals surface area contributed by atoms with Crippen LogP contribution < -0.4 is 5.73 Å². The summed E-state index contributed by atoms with van der Waals surface area (Å²) >= 11 is 0. The molecule has 2 nitrogen and oxygen atoms in total. The predicted octanol–water partition coefficient (Wildman–Crippen LogP) is -0.549. The topological polar surface area (TPSA) is 46.2 Å². The molecule has 30 valence electrons. The molecule has 0 radical (unpaired) electrons. The molecule has 0 aromatic rings. The molecule has 0 unspecified atom stereocenters. The van der Waals surface area contributed by atoms with E-state index in [0.29, 0.717) is 5.70 Å². The van der Waals surface area contributed by atoms with Crippen LogP contribution >= 0.6 is 0 Å². The van der Waals surface area contributed by atoms with Gasteiger partial charge in [-0.2, -0.15) is 0 Å². The van der Waals surface area contributed by atoms with Crippen molar-refractivity contribution in [1.29, 1.82) is 0 Å². The third-order valence-corrected chi connectivity index (χ3v) is 0.203. The average molecular weight is 73.1 g/mol. The minimum Gasteiger partial charge on any atom is -0.401 e. The number of aliphatic hydroxyl groups excluding tert-OH is 1. The van der Waals surface area contributed by atoms with Gasteiger partial charge in [-0.05, 0) is 0 Å². The minimum atomic E-state index is -0.111. The van der Waals surface area contributed by atoms with E-state index in [1.54, 1.807) is 0 Å². The van der Waals surface area contributed by atoms with Crippen molar-refractivity contribution in [3.63, 3.8) is 0 Å². The zero-order valence-corrected chi connectivity index (χ0v) is 2.94. The summed E-state index contributed by atoms with van der Waals surface area (Å²) in [7, 11) is 0. The Bertz CT molecular complexity index is 42.2. The minimum absolute atomic E-state index is 0.111. The molecule has 0 aliphatic carbocycles. The molecule has 5 heavy (non-hydrogen) atoms. The van der Waals surface area contributed by atoms with Gasteiger partial charge in [-0.15, -0.1) is 0 Å². The Morgan fingerprint density at radius 1 is 2.00 bits per heavy atom. The van der Waals surface area contributed by atoms with Gasteiger partial charge < -0.3 is 10.8 Å². The summed E-state index contributed by atoms with van der Waals surface area (Å²) < 4.78 is 0. The Balaban J connectivity index is 2.85. The van der Waals surface area contributed by atoms with E-state index >= 15 is 0 Å². The van der Waals surface area contributed by atoms with Crippen LogP contribution in [0.3, 0.4) is 0 Å². The van der Waals surface area contributed by atoms with E-state index in [1.807, 2.05) is 0 Å². The standard InChI is InChI=1S/C3H7NO/c1-3(4)2-5/h5H,1-2,4H2. The molecule has 2 heteroatoms. The van der Waals surface area contributed by atoms with Gasteiger partial charge in [-0.3, -0.25) is 0 Å². The van der Waals surface area contributed by atoms with E-state index in [-0.39, 0.29) is 6.61 Å². The summed E-state index contributed by atoms with van der Waals surface area (Å²) in [6.45, 7) is 3.09. The highest BCUT2D eigenvalue weighted by molar-refractivity contribution is 4.83. The van der Waals surface area contributed by atoms with Crippen LogP contribution in [0.1, 0.15) is 0 Å². The lowest BCUT2D eigenvalue weighted by Gasteiger charge is -1.81. The van der Waals surface area contributed by atoms with Crippen molar-refractivity contribution in [2.24, 2.45) is 5.73 Å². The fraction of sp³-hybridized carbons (Fsp3) is 0.333. The van der Waals surface area contributed by atoms with Gasteiger partial charge in [0.2, 0.25) is 0 Å². The van der Waals surface area contributed by atoms with E-state index in [2.05, 4.69) is 6.58 Å². The molecule has 0 saturated carbocycles. The van der Waals surface area contributed by atoms with Gasteiger partial charge >= 0.3 is 0 Å². The Kier molecular flexibility index (Phi) is 1.61. The second-order valence-electron chi connectivity index (χ2n) is 0.816. The number of rotatable bonds is 1. The summed E-state index contributed by atoms with van der Waals surface area (Å²) in [5, 5.41) is 7.92. The molecule has 3 N–H and O–H groups in total. The van der Waals surface area contributed by atoms with Gasteiger partial charge in [-0.1, -0.05) is 6.58 Å². The molecular weight excluding hydrogens is 66.0 g/mol. The quantitative estimate of drug-likeness (QED) is 0.437. The first kappa shape index (κ1) is 4.50. The second-order valence-corrected chi connectivity index (χ2v) is 0.816. The summed E-state index contributed by atoms with van der Waals surface area (Å²) in [6.07, 6.45) is 0. The van der Waals surface area contributed by atoms with Crippen LogP contribution in [-0.4, -0.2) is 11.7 Å². The molecule has 0 aliphatic heterocycles.